The van der Waals surface area contributed by atoms with E-state index >= 15 is 0 Å². The van der Waals surface area contributed by atoms with Crippen molar-refractivity contribution in [3.8, 4) is 0 Å². The first-order valence-electron chi connectivity index (χ1n) is 11.4. The van der Waals surface area contributed by atoms with E-state index in [1.165, 1.54) is 23.1 Å². The van der Waals surface area contributed by atoms with Gasteiger partial charge in [-0.2, -0.15) is 0 Å². The van der Waals surface area contributed by atoms with Gasteiger partial charge < -0.3 is 9.64 Å². The fraction of sp³-hybridized carbons (Fsp3) is 0.583. The van der Waals surface area contributed by atoms with Crippen molar-refractivity contribution in [2.45, 2.75) is 83.3 Å². The Morgan fingerprint density at radius 1 is 0.903 bits per heavy atom. The van der Waals surface area contributed by atoms with Crippen molar-refractivity contribution in [1.82, 2.24) is 9.80 Å². The molecule has 2 fully saturated rings. The number of ether oxygens (including phenoxy) is 1. The van der Waals surface area contributed by atoms with Gasteiger partial charge in [0.25, 0.3) is 17.7 Å². The van der Waals surface area contributed by atoms with Gasteiger partial charge in [0.2, 0.25) is 0 Å². The summed E-state index contributed by atoms with van der Waals surface area (Å²) in [4.78, 5) is 54.0. The van der Waals surface area contributed by atoms with E-state index in [1.807, 2.05) is 13.8 Å². The topological polar surface area (TPSA) is 84.0 Å². The van der Waals surface area contributed by atoms with Crippen molar-refractivity contribution >= 4 is 23.7 Å². The first-order chi connectivity index (χ1) is 14.9. The van der Waals surface area contributed by atoms with Gasteiger partial charge in [-0.3, -0.25) is 19.3 Å². The van der Waals surface area contributed by atoms with Crippen molar-refractivity contribution in [2.24, 2.45) is 0 Å². The predicted octanol–water partition coefficient (Wildman–Crippen LogP) is 3.56. The number of fused-ring (bicyclic) bond motifs is 1. The van der Waals surface area contributed by atoms with Crippen LogP contribution in [0.4, 0.5) is 0 Å². The van der Waals surface area contributed by atoms with E-state index in [2.05, 4.69) is 0 Å². The van der Waals surface area contributed by atoms with Crippen LogP contribution in [0.15, 0.2) is 18.2 Å². The molecule has 166 valence electrons. The second-order valence-corrected chi connectivity index (χ2v) is 9.04. The molecule has 0 spiro atoms. The number of benzene rings is 1. The Kier molecular flexibility index (Phi) is 6.12. The molecule has 7 heteroatoms. The third kappa shape index (κ3) is 4.10. The summed E-state index contributed by atoms with van der Waals surface area (Å²) in [5.74, 6) is -1.49. The van der Waals surface area contributed by atoms with Crippen molar-refractivity contribution in [3.05, 3.63) is 34.9 Å². The van der Waals surface area contributed by atoms with Crippen LogP contribution in [-0.4, -0.2) is 58.2 Å². The Morgan fingerprint density at radius 3 is 2.23 bits per heavy atom. The number of hydrogen-bond acceptors (Lipinski definition) is 5. The Bertz CT molecular complexity index is 895. The quantitative estimate of drug-likeness (QED) is 0.543. The number of esters is 1. The van der Waals surface area contributed by atoms with E-state index in [4.69, 9.17) is 4.74 Å². The zero-order chi connectivity index (χ0) is 22.1. The summed E-state index contributed by atoms with van der Waals surface area (Å²) in [6.45, 7) is 3.69. The van der Waals surface area contributed by atoms with E-state index in [9.17, 15) is 19.2 Å². The van der Waals surface area contributed by atoms with Crippen LogP contribution in [0, 0.1) is 0 Å². The smallest absolute Gasteiger partial charge is 0.338 e. The maximum Gasteiger partial charge on any atom is 0.338 e. The maximum atomic E-state index is 12.9. The van der Waals surface area contributed by atoms with Crippen LogP contribution in [0.1, 0.15) is 96.3 Å². The highest BCUT2D eigenvalue weighted by Crippen LogP contribution is 2.31. The number of amides is 3. The number of hydrogen-bond donors (Lipinski definition) is 0. The third-order valence-electron chi connectivity index (χ3n) is 6.90. The Labute approximate surface area is 182 Å². The van der Waals surface area contributed by atoms with Gasteiger partial charge in [0.15, 0.2) is 6.61 Å². The highest BCUT2D eigenvalue weighted by Gasteiger charge is 2.40. The van der Waals surface area contributed by atoms with E-state index in [-0.39, 0.29) is 53.6 Å². The molecule has 0 radical (unpaired) electrons. The Balaban J connectivity index is 1.43. The minimum absolute atomic E-state index is 0.0669. The largest absolute Gasteiger partial charge is 0.452 e. The minimum atomic E-state index is -0.662. The second kappa shape index (κ2) is 8.81. The number of nitrogens with zero attached hydrogens (tertiary/aromatic N) is 2. The predicted molar refractivity (Wildman–Crippen MR) is 114 cm³/mol. The number of carbonyl (C=O) groups is 4. The molecule has 2 heterocycles. The average Bonchev–Trinajstić information content (AvgIpc) is 3.02. The summed E-state index contributed by atoms with van der Waals surface area (Å²) in [6.07, 6.45) is 7.79. The monoisotopic (exact) mass is 426 g/mol. The summed E-state index contributed by atoms with van der Waals surface area (Å²) in [5.41, 5.74) is 0.756. The fourth-order valence-electron chi connectivity index (χ4n) is 5.26. The number of likely N-dealkylation sites (tertiary alicyclic amines) is 1. The van der Waals surface area contributed by atoms with E-state index in [0.717, 1.165) is 51.4 Å². The summed E-state index contributed by atoms with van der Waals surface area (Å²) in [6, 6.07) is 4.63. The lowest BCUT2D eigenvalue weighted by Gasteiger charge is -2.38. The van der Waals surface area contributed by atoms with E-state index in [0.29, 0.717) is 5.56 Å². The van der Waals surface area contributed by atoms with Crippen LogP contribution in [-0.2, 0) is 9.53 Å². The SMILES string of the molecule is C[C@@H]1CCC[C@H](C)N1C(=O)COC(=O)c1ccc2c(c1)C(=O)N(C1CCCCC1)C2=O. The fourth-order valence-corrected chi connectivity index (χ4v) is 5.26. The van der Waals surface area contributed by atoms with E-state index < -0.39 is 5.97 Å². The third-order valence-corrected chi connectivity index (χ3v) is 6.90. The maximum absolute atomic E-state index is 12.9. The van der Waals surface area contributed by atoms with Crippen LogP contribution in [0.25, 0.3) is 0 Å². The number of carbonyl (C=O) groups excluding carboxylic acids is 4. The van der Waals surface area contributed by atoms with Crippen LogP contribution in [0.2, 0.25) is 0 Å². The molecule has 1 aromatic carbocycles. The Hall–Kier alpha value is -2.70. The zero-order valence-corrected chi connectivity index (χ0v) is 18.3. The molecule has 0 N–H and O–H groups in total. The summed E-state index contributed by atoms with van der Waals surface area (Å²) in [5, 5.41) is 0. The van der Waals surface area contributed by atoms with Crippen LogP contribution >= 0.6 is 0 Å². The summed E-state index contributed by atoms with van der Waals surface area (Å²) < 4.78 is 5.26. The van der Waals surface area contributed by atoms with Crippen molar-refractivity contribution in [3.63, 3.8) is 0 Å². The highest BCUT2D eigenvalue weighted by molar-refractivity contribution is 6.22. The molecule has 4 rings (SSSR count). The number of rotatable bonds is 4. The van der Waals surface area contributed by atoms with Gasteiger partial charge >= 0.3 is 5.97 Å². The molecule has 7 nitrogen and oxygen atoms in total. The first-order valence-corrected chi connectivity index (χ1v) is 11.4. The molecular formula is C24H30N2O5. The van der Waals surface area contributed by atoms with Crippen molar-refractivity contribution in [1.29, 1.82) is 0 Å². The summed E-state index contributed by atoms with van der Waals surface area (Å²) >= 11 is 0. The molecule has 3 aliphatic rings. The lowest BCUT2D eigenvalue weighted by atomic mass is 9.94. The normalized spacial score (nSPS) is 24.3. The average molecular weight is 427 g/mol. The van der Waals surface area contributed by atoms with Gasteiger partial charge in [-0.05, 0) is 64.2 Å². The van der Waals surface area contributed by atoms with Gasteiger partial charge in [0.1, 0.15) is 0 Å². The van der Waals surface area contributed by atoms with Gasteiger partial charge in [0, 0.05) is 18.1 Å². The second-order valence-electron chi connectivity index (χ2n) is 9.04. The van der Waals surface area contributed by atoms with Crippen LogP contribution in [0.5, 0.6) is 0 Å². The number of imide groups is 1. The molecule has 31 heavy (non-hydrogen) atoms. The highest BCUT2D eigenvalue weighted by atomic mass is 16.5. The van der Waals surface area contributed by atoms with Gasteiger partial charge in [0.05, 0.1) is 16.7 Å². The standard InChI is InChI=1S/C24H30N2O5/c1-15-7-6-8-16(2)25(15)21(27)14-31-24(30)17-11-12-19-20(13-17)23(29)26(22(19)28)18-9-4-3-5-10-18/h11-13,15-16,18H,3-10,14H2,1-2H3/t15-,16+. The lowest BCUT2D eigenvalue weighted by Crippen LogP contribution is -2.49. The molecule has 1 saturated carbocycles. The first kappa shape index (κ1) is 21.5. The van der Waals surface area contributed by atoms with Gasteiger partial charge in [-0.15, -0.1) is 0 Å². The number of piperidine rings is 1. The van der Waals surface area contributed by atoms with Crippen LogP contribution < -0.4 is 0 Å². The molecule has 1 saturated heterocycles. The van der Waals surface area contributed by atoms with Gasteiger partial charge in [-0.25, -0.2) is 4.79 Å². The molecular weight excluding hydrogens is 396 g/mol. The minimum Gasteiger partial charge on any atom is -0.452 e. The van der Waals surface area contributed by atoms with Gasteiger partial charge in [-0.1, -0.05) is 19.3 Å². The lowest BCUT2D eigenvalue weighted by molar-refractivity contribution is -0.140. The van der Waals surface area contributed by atoms with Crippen molar-refractivity contribution < 1.29 is 23.9 Å². The molecule has 0 unspecified atom stereocenters. The molecule has 2 aliphatic heterocycles. The molecule has 1 aliphatic carbocycles. The van der Waals surface area contributed by atoms with Crippen molar-refractivity contribution in [2.75, 3.05) is 6.61 Å². The molecule has 0 aromatic heterocycles. The van der Waals surface area contributed by atoms with E-state index in [1.54, 1.807) is 4.90 Å². The molecule has 3 amide bonds. The Morgan fingerprint density at radius 2 is 1.55 bits per heavy atom. The molecule has 1 aromatic rings. The summed E-state index contributed by atoms with van der Waals surface area (Å²) in [7, 11) is 0. The van der Waals surface area contributed by atoms with Crippen LogP contribution in [0.3, 0.4) is 0 Å². The molecule has 0 bridgehead atoms. The molecule has 2 atom stereocenters. The zero-order valence-electron chi connectivity index (χ0n) is 18.3.